The first-order chi connectivity index (χ1) is 5.70. The Hall–Kier alpha value is -1.08. The standard InChI is InChI=1S/C8H13N3O/c1-2-6(5-9)11-4-3-7(11)8(10)12/h6-7H,2-4H2,1H3,(H2,10,12). The van der Waals surface area contributed by atoms with E-state index in [1.807, 2.05) is 11.8 Å². The second-order valence-electron chi connectivity index (χ2n) is 3.00. The SMILES string of the molecule is CCC(C#N)N1CCC1C(N)=O. The maximum absolute atomic E-state index is 10.8. The Morgan fingerprint density at radius 1 is 1.92 bits per heavy atom. The highest BCUT2D eigenvalue weighted by molar-refractivity contribution is 5.80. The Morgan fingerprint density at radius 3 is 2.83 bits per heavy atom. The van der Waals surface area contributed by atoms with Crippen LogP contribution in [0, 0.1) is 11.3 Å². The van der Waals surface area contributed by atoms with E-state index in [1.165, 1.54) is 0 Å². The lowest BCUT2D eigenvalue weighted by Gasteiger charge is -2.41. The molecular weight excluding hydrogens is 154 g/mol. The Labute approximate surface area is 71.9 Å². The van der Waals surface area contributed by atoms with Crippen LogP contribution in [0.2, 0.25) is 0 Å². The van der Waals surface area contributed by atoms with Gasteiger partial charge in [-0.25, -0.2) is 0 Å². The van der Waals surface area contributed by atoms with Gasteiger partial charge in [0.25, 0.3) is 0 Å². The summed E-state index contributed by atoms with van der Waals surface area (Å²) in [5.41, 5.74) is 5.15. The van der Waals surface area contributed by atoms with E-state index in [-0.39, 0.29) is 18.0 Å². The summed E-state index contributed by atoms with van der Waals surface area (Å²) in [6.45, 7) is 2.75. The Balaban J connectivity index is 2.54. The molecule has 2 N–H and O–H groups in total. The van der Waals surface area contributed by atoms with Gasteiger partial charge in [0, 0.05) is 6.54 Å². The number of hydrogen-bond donors (Lipinski definition) is 1. The predicted molar refractivity (Wildman–Crippen MR) is 44.0 cm³/mol. The topological polar surface area (TPSA) is 70.1 Å². The number of carbonyl (C=O) groups excluding carboxylic acids is 1. The van der Waals surface area contributed by atoms with E-state index < -0.39 is 0 Å². The molecule has 0 aromatic carbocycles. The second kappa shape index (κ2) is 3.55. The third-order valence-corrected chi connectivity index (χ3v) is 2.33. The smallest absolute Gasteiger partial charge is 0.234 e. The molecule has 1 aliphatic rings. The highest BCUT2D eigenvalue weighted by Gasteiger charge is 2.36. The van der Waals surface area contributed by atoms with Gasteiger partial charge in [0.15, 0.2) is 0 Å². The number of likely N-dealkylation sites (tertiary alicyclic amines) is 1. The van der Waals surface area contributed by atoms with Crippen molar-refractivity contribution < 1.29 is 4.79 Å². The molecule has 0 bridgehead atoms. The molecule has 1 rings (SSSR count). The van der Waals surface area contributed by atoms with Crippen molar-refractivity contribution in [2.24, 2.45) is 5.73 Å². The molecule has 4 heteroatoms. The van der Waals surface area contributed by atoms with E-state index in [0.29, 0.717) is 0 Å². The number of carbonyl (C=O) groups is 1. The molecule has 0 spiro atoms. The lowest BCUT2D eigenvalue weighted by atomic mass is 9.98. The molecule has 66 valence electrons. The molecule has 12 heavy (non-hydrogen) atoms. The van der Waals surface area contributed by atoms with E-state index >= 15 is 0 Å². The Bertz CT molecular complexity index is 221. The number of nitrogens with zero attached hydrogens (tertiary/aromatic N) is 2. The summed E-state index contributed by atoms with van der Waals surface area (Å²) in [6, 6.07) is 1.81. The minimum Gasteiger partial charge on any atom is -0.368 e. The van der Waals surface area contributed by atoms with Crippen molar-refractivity contribution in [2.45, 2.75) is 31.8 Å². The molecule has 0 aromatic heterocycles. The summed E-state index contributed by atoms with van der Waals surface area (Å²) >= 11 is 0. The molecule has 1 amide bonds. The van der Waals surface area contributed by atoms with Crippen molar-refractivity contribution >= 4 is 5.91 Å². The molecule has 1 heterocycles. The maximum Gasteiger partial charge on any atom is 0.234 e. The molecule has 2 unspecified atom stereocenters. The largest absolute Gasteiger partial charge is 0.368 e. The van der Waals surface area contributed by atoms with Gasteiger partial charge in [-0.05, 0) is 12.8 Å². The summed E-state index contributed by atoms with van der Waals surface area (Å²) in [7, 11) is 0. The molecule has 4 nitrogen and oxygen atoms in total. The van der Waals surface area contributed by atoms with E-state index in [9.17, 15) is 4.79 Å². The van der Waals surface area contributed by atoms with Crippen molar-refractivity contribution in [2.75, 3.05) is 6.54 Å². The third kappa shape index (κ3) is 1.41. The van der Waals surface area contributed by atoms with E-state index in [1.54, 1.807) is 0 Å². The van der Waals surface area contributed by atoms with Crippen LogP contribution in [0.15, 0.2) is 0 Å². The third-order valence-electron chi connectivity index (χ3n) is 2.33. The van der Waals surface area contributed by atoms with Crippen LogP contribution in [0.5, 0.6) is 0 Å². The first-order valence-electron chi connectivity index (χ1n) is 4.15. The van der Waals surface area contributed by atoms with E-state index in [2.05, 4.69) is 6.07 Å². The molecule has 0 radical (unpaired) electrons. The fourth-order valence-electron chi connectivity index (χ4n) is 1.49. The average Bonchev–Trinajstić information content (AvgIpc) is 1.96. The quantitative estimate of drug-likeness (QED) is 0.635. The fraction of sp³-hybridized carbons (Fsp3) is 0.750. The maximum atomic E-state index is 10.8. The van der Waals surface area contributed by atoms with Gasteiger partial charge in [-0.2, -0.15) is 5.26 Å². The molecule has 1 fully saturated rings. The molecule has 0 aromatic rings. The van der Waals surface area contributed by atoms with Crippen LogP contribution >= 0.6 is 0 Å². The zero-order valence-corrected chi connectivity index (χ0v) is 7.16. The minimum absolute atomic E-state index is 0.142. The zero-order valence-electron chi connectivity index (χ0n) is 7.16. The number of nitriles is 1. The Kier molecular flexibility index (Phi) is 2.66. The highest BCUT2D eigenvalue weighted by Crippen LogP contribution is 2.21. The van der Waals surface area contributed by atoms with Crippen molar-refractivity contribution in [3.8, 4) is 6.07 Å². The lowest BCUT2D eigenvalue weighted by Crippen LogP contribution is -2.58. The van der Waals surface area contributed by atoms with Crippen LogP contribution in [0.25, 0.3) is 0 Å². The summed E-state index contributed by atoms with van der Waals surface area (Å²) < 4.78 is 0. The molecule has 2 atom stereocenters. The number of amides is 1. The monoisotopic (exact) mass is 167 g/mol. The van der Waals surface area contributed by atoms with Crippen LogP contribution in [-0.2, 0) is 4.79 Å². The van der Waals surface area contributed by atoms with Gasteiger partial charge in [-0.3, -0.25) is 9.69 Å². The molecular formula is C8H13N3O. The number of primary amides is 1. The van der Waals surface area contributed by atoms with Crippen molar-refractivity contribution in [1.82, 2.24) is 4.90 Å². The number of hydrogen-bond acceptors (Lipinski definition) is 3. The van der Waals surface area contributed by atoms with Gasteiger partial charge >= 0.3 is 0 Å². The molecule has 0 saturated carbocycles. The van der Waals surface area contributed by atoms with Gasteiger partial charge < -0.3 is 5.73 Å². The van der Waals surface area contributed by atoms with Crippen LogP contribution in [0.3, 0.4) is 0 Å². The van der Waals surface area contributed by atoms with Gasteiger partial charge in [0.2, 0.25) is 5.91 Å². The Morgan fingerprint density at radius 2 is 2.58 bits per heavy atom. The van der Waals surface area contributed by atoms with Crippen LogP contribution < -0.4 is 5.73 Å². The fourth-order valence-corrected chi connectivity index (χ4v) is 1.49. The molecule has 1 saturated heterocycles. The predicted octanol–water partition coefficient (Wildman–Crippen LogP) is -0.152. The number of rotatable bonds is 3. The summed E-state index contributed by atoms with van der Waals surface area (Å²) in [4.78, 5) is 12.7. The molecule has 1 aliphatic heterocycles. The minimum atomic E-state index is -0.310. The lowest BCUT2D eigenvalue weighted by molar-refractivity contribution is -0.128. The first-order valence-corrected chi connectivity index (χ1v) is 4.15. The van der Waals surface area contributed by atoms with Crippen molar-refractivity contribution in [3.05, 3.63) is 0 Å². The highest BCUT2D eigenvalue weighted by atomic mass is 16.1. The van der Waals surface area contributed by atoms with Crippen molar-refractivity contribution in [3.63, 3.8) is 0 Å². The van der Waals surface area contributed by atoms with Gasteiger partial charge in [0.05, 0.1) is 18.2 Å². The summed E-state index contributed by atoms with van der Waals surface area (Å²) in [5.74, 6) is -0.310. The summed E-state index contributed by atoms with van der Waals surface area (Å²) in [5, 5.41) is 8.72. The number of nitrogens with two attached hydrogens (primary N) is 1. The van der Waals surface area contributed by atoms with Gasteiger partial charge in [-0.1, -0.05) is 6.92 Å². The van der Waals surface area contributed by atoms with Crippen LogP contribution in [-0.4, -0.2) is 29.4 Å². The van der Waals surface area contributed by atoms with E-state index in [4.69, 9.17) is 11.0 Å². The zero-order chi connectivity index (χ0) is 9.14. The van der Waals surface area contributed by atoms with Crippen LogP contribution in [0.1, 0.15) is 19.8 Å². The van der Waals surface area contributed by atoms with Gasteiger partial charge in [-0.15, -0.1) is 0 Å². The first kappa shape index (κ1) is 9.01. The second-order valence-corrected chi connectivity index (χ2v) is 3.00. The van der Waals surface area contributed by atoms with Crippen LogP contribution in [0.4, 0.5) is 0 Å². The summed E-state index contributed by atoms with van der Waals surface area (Å²) in [6.07, 6.45) is 1.55. The van der Waals surface area contributed by atoms with E-state index in [0.717, 1.165) is 19.4 Å². The van der Waals surface area contributed by atoms with Gasteiger partial charge in [0.1, 0.15) is 0 Å². The molecule has 0 aliphatic carbocycles. The van der Waals surface area contributed by atoms with Crippen molar-refractivity contribution in [1.29, 1.82) is 5.26 Å². The normalized spacial score (nSPS) is 25.5. The average molecular weight is 167 g/mol.